The highest BCUT2D eigenvalue weighted by Crippen LogP contribution is 2.38. The highest BCUT2D eigenvalue weighted by Gasteiger charge is 2.13. The van der Waals surface area contributed by atoms with E-state index in [1.165, 1.54) is 17.8 Å². The topological polar surface area (TPSA) is 12.0 Å². The lowest BCUT2D eigenvalue weighted by molar-refractivity contribution is 0.601. The van der Waals surface area contributed by atoms with E-state index < -0.39 is 0 Å². The third-order valence-electron chi connectivity index (χ3n) is 2.98. The van der Waals surface area contributed by atoms with Gasteiger partial charge in [-0.3, -0.25) is 0 Å². The highest BCUT2D eigenvalue weighted by atomic mass is 35.5. The lowest BCUT2D eigenvalue weighted by Gasteiger charge is -2.16. The van der Waals surface area contributed by atoms with Crippen LogP contribution < -0.4 is 5.32 Å². The van der Waals surface area contributed by atoms with Crippen LogP contribution in [-0.4, -0.2) is 7.05 Å². The Kier molecular flexibility index (Phi) is 5.33. The van der Waals surface area contributed by atoms with Crippen molar-refractivity contribution in [2.45, 2.75) is 22.8 Å². The molecule has 106 valence electrons. The zero-order chi connectivity index (χ0) is 14.7. The van der Waals surface area contributed by atoms with Crippen LogP contribution in [0.5, 0.6) is 0 Å². The molecule has 1 atom stereocenters. The van der Waals surface area contributed by atoms with Crippen molar-refractivity contribution in [2.24, 2.45) is 0 Å². The van der Waals surface area contributed by atoms with Gasteiger partial charge in [-0.2, -0.15) is 0 Å². The third-order valence-corrected chi connectivity index (χ3v) is 4.81. The van der Waals surface area contributed by atoms with Crippen molar-refractivity contribution in [2.75, 3.05) is 7.05 Å². The van der Waals surface area contributed by atoms with E-state index >= 15 is 0 Å². The first-order valence-corrected chi connectivity index (χ1v) is 7.68. The van der Waals surface area contributed by atoms with Crippen molar-refractivity contribution < 1.29 is 4.39 Å². The predicted octanol–water partition coefficient (Wildman–Crippen LogP) is 5.56. The van der Waals surface area contributed by atoms with E-state index in [4.69, 9.17) is 23.2 Å². The van der Waals surface area contributed by atoms with E-state index in [-0.39, 0.29) is 11.9 Å². The molecule has 2 aromatic rings. The van der Waals surface area contributed by atoms with Crippen molar-refractivity contribution in [3.8, 4) is 0 Å². The maximum absolute atomic E-state index is 13.4. The van der Waals surface area contributed by atoms with Gasteiger partial charge in [-0.15, -0.1) is 0 Å². The maximum atomic E-state index is 13.4. The number of nitrogens with one attached hydrogen (secondary N) is 1. The summed E-state index contributed by atoms with van der Waals surface area (Å²) in [6.07, 6.45) is 0. The summed E-state index contributed by atoms with van der Waals surface area (Å²) in [5.41, 5.74) is 0.897. The standard InChI is InChI=1S/C15H14Cl2FNS/c1-9(19-2)12-8-11(18)4-6-14(12)20-15-7-10(16)3-5-13(15)17/h3-9,19H,1-2H3. The minimum Gasteiger partial charge on any atom is -0.313 e. The second-order valence-electron chi connectivity index (χ2n) is 4.37. The Bertz CT molecular complexity index is 619. The normalized spacial score (nSPS) is 12.4. The van der Waals surface area contributed by atoms with Crippen LogP contribution in [0.3, 0.4) is 0 Å². The molecule has 0 saturated carbocycles. The molecule has 1 nitrogen and oxygen atoms in total. The van der Waals surface area contributed by atoms with Crippen LogP contribution in [-0.2, 0) is 0 Å². The molecule has 0 amide bonds. The van der Waals surface area contributed by atoms with E-state index in [1.807, 2.05) is 20.0 Å². The quantitative estimate of drug-likeness (QED) is 0.787. The van der Waals surface area contributed by atoms with E-state index in [9.17, 15) is 4.39 Å². The summed E-state index contributed by atoms with van der Waals surface area (Å²) >= 11 is 13.7. The van der Waals surface area contributed by atoms with Gasteiger partial charge in [-0.25, -0.2) is 4.39 Å². The minimum absolute atomic E-state index is 0.0474. The van der Waals surface area contributed by atoms with E-state index in [1.54, 1.807) is 24.3 Å². The summed E-state index contributed by atoms with van der Waals surface area (Å²) in [5, 5.41) is 4.38. The molecule has 20 heavy (non-hydrogen) atoms. The van der Waals surface area contributed by atoms with Gasteiger partial charge in [-0.1, -0.05) is 35.0 Å². The first-order valence-electron chi connectivity index (χ1n) is 6.11. The number of benzene rings is 2. The fourth-order valence-corrected chi connectivity index (χ4v) is 3.33. The summed E-state index contributed by atoms with van der Waals surface area (Å²) in [6.45, 7) is 1.98. The Labute approximate surface area is 132 Å². The monoisotopic (exact) mass is 329 g/mol. The first-order chi connectivity index (χ1) is 9.51. The van der Waals surface area contributed by atoms with Gasteiger partial charge in [0.25, 0.3) is 0 Å². The first kappa shape index (κ1) is 15.6. The van der Waals surface area contributed by atoms with Gasteiger partial charge in [0.15, 0.2) is 0 Å². The molecule has 0 saturated heterocycles. The van der Waals surface area contributed by atoms with Crippen LogP contribution in [0.4, 0.5) is 4.39 Å². The Morgan fingerprint density at radius 1 is 1.10 bits per heavy atom. The van der Waals surface area contributed by atoms with E-state index in [2.05, 4.69) is 5.32 Å². The predicted molar refractivity (Wildman–Crippen MR) is 84.5 cm³/mol. The summed E-state index contributed by atoms with van der Waals surface area (Å²) in [5.74, 6) is -0.247. The minimum atomic E-state index is -0.247. The molecule has 0 bridgehead atoms. The van der Waals surface area contributed by atoms with Crippen molar-refractivity contribution in [3.05, 3.63) is 57.8 Å². The number of halogens is 3. The molecule has 5 heteroatoms. The molecule has 0 aliphatic rings. The molecule has 2 aromatic carbocycles. The molecule has 0 spiro atoms. The molecular weight excluding hydrogens is 316 g/mol. The van der Waals surface area contributed by atoms with Crippen LogP contribution in [0.25, 0.3) is 0 Å². The Balaban J connectivity index is 2.40. The molecule has 1 N–H and O–H groups in total. The summed E-state index contributed by atoms with van der Waals surface area (Å²) in [6, 6.07) is 10.1. The second-order valence-corrected chi connectivity index (χ2v) is 6.30. The fourth-order valence-electron chi connectivity index (χ4n) is 1.78. The van der Waals surface area contributed by atoms with Gasteiger partial charge in [0.05, 0.1) is 5.02 Å². The van der Waals surface area contributed by atoms with Crippen molar-refractivity contribution in [1.29, 1.82) is 0 Å². The molecule has 0 aliphatic carbocycles. The number of rotatable bonds is 4. The Morgan fingerprint density at radius 3 is 2.55 bits per heavy atom. The second kappa shape index (κ2) is 6.81. The van der Waals surface area contributed by atoms with Crippen LogP contribution in [0.15, 0.2) is 46.2 Å². The Morgan fingerprint density at radius 2 is 1.85 bits per heavy atom. The molecule has 0 radical (unpaired) electrons. The van der Waals surface area contributed by atoms with E-state index in [0.29, 0.717) is 10.0 Å². The summed E-state index contributed by atoms with van der Waals surface area (Å²) in [4.78, 5) is 1.81. The highest BCUT2D eigenvalue weighted by molar-refractivity contribution is 7.99. The zero-order valence-electron chi connectivity index (χ0n) is 11.1. The SMILES string of the molecule is CNC(C)c1cc(F)ccc1Sc1cc(Cl)ccc1Cl. The van der Waals surface area contributed by atoms with Gasteiger partial charge in [0, 0.05) is 20.9 Å². The average Bonchev–Trinajstić information content (AvgIpc) is 2.43. The maximum Gasteiger partial charge on any atom is 0.123 e. The molecular formula is C15H14Cl2FNS. The molecule has 2 rings (SSSR count). The van der Waals surface area contributed by atoms with Crippen LogP contribution in [0.2, 0.25) is 10.0 Å². The van der Waals surface area contributed by atoms with Gasteiger partial charge in [0.1, 0.15) is 5.82 Å². The summed E-state index contributed by atoms with van der Waals surface area (Å²) in [7, 11) is 1.84. The molecule has 0 heterocycles. The fraction of sp³-hybridized carbons (Fsp3) is 0.200. The smallest absolute Gasteiger partial charge is 0.123 e. The molecule has 1 unspecified atom stereocenters. The summed E-state index contributed by atoms with van der Waals surface area (Å²) < 4.78 is 13.4. The molecule has 0 aliphatic heterocycles. The van der Waals surface area contributed by atoms with Crippen LogP contribution in [0, 0.1) is 5.82 Å². The van der Waals surface area contributed by atoms with E-state index in [0.717, 1.165) is 15.4 Å². The number of hydrogen-bond acceptors (Lipinski definition) is 2. The lowest BCUT2D eigenvalue weighted by atomic mass is 10.1. The molecule has 0 aromatic heterocycles. The van der Waals surface area contributed by atoms with Gasteiger partial charge in [0.2, 0.25) is 0 Å². The van der Waals surface area contributed by atoms with Gasteiger partial charge >= 0.3 is 0 Å². The number of hydrogen-bond donors (Lipinski definition) is 1. The average molecular weight is 330 g/mol. The van der Waals surface area contributed by atoms with Crippen molar-refractivity contribution in [3.63, 3.8) is 0 Å². The van der Waals surface area contributed by atoms with Gasteiger partial charge < -0.3 is 5.32 Å². The lowest BCUT2D eigenvalue weighted by Crippen LogP contribution is -2.13. The zero-order valence-corrected chi connectivity index (χ0v) is 13.4. The molecule has 0 fully saturated rings. The van der Waals surface area contributed by atoms with Crippen molar-refractivity contribution >= 4 is 35.0 Å². The third kappa shape index (κ3) is 3.67. The largest absolute Gasteiger partial charge is 0.313 e. The Hall–Kier alpha value is -0.740. The van der Waals surface area contributed by atoms with Crippen LogP contribution in [0.1, 0.15) is 18.5 Å². The van der Waals surface area contributed by atoms with Crippen molar-refractivity contribution in [1.82, 2.24) is 5.32 Å². The van der Waals surface area contributed by atoms with Crippen LogP contribution >= 0.6 is 35.0 Å². The van der Waals surface area contributed by atoms with Gasteiger partial charge in [-0.05, 0) is 55.9 Å².